The third-order valence-corrected chi connectivity index (χ3v) is 11.6. The zero-order valence-corrected chi connectivity index (χ0v) is 45.4. The van der Waals surface area contributed by atoms with Crippen LogP contribution in [0.2, 0.25) is 0 Å². The maximum Gasteiger partial charge on any atom is 0.306 e. The molecule has 6 nitrogen and oxygen atoms in total. The predicted octanol–water partition coefficient (Wildman–Crippen LogP) is 19.2. The van der Waals surface area contributed by atoms with Crippen LogP contribution in [0, 0.1) is 0 Å². The van der Waals surface area contributed by atoms with E-state index in [4.69, 9.17) is 14.2 Å². The second-order valence-corrected chi connectivity index (χ2v) is 18.4. The van der Waals surface area contributed by atoms with Gasteiger partial charge in [-0.2, -0.15) is 0 Å². The molecule has 0 aromatic rings. The summed E-state index contributed by atoms with van der Waals surface area (Å²) in [6.45, 7) is 6.34. The fourth-order valence-electron chi connectivity index (χ4n) is 7.40. The molecule has 398 valence electrons. The molecule has 0 saturated carbocycles. The van der Waals surface area contributed by atoms with Crippen LogP contribution < -0.4 is 0 Å². The van der Waals surface area contributed by atoms with Gasteiger partial charge >= 0.3 is 17.9 Å². The van der Waals surface area contributed by atoms with Gasteiger partial charge in [-0.25, -0.2) is 0 Å². The van der Waals surface area contributed by atoms with Gasteiger partial charge in [0.2, 0.25) is 0 Å². The number of hydrogen-bond acceptors (Lipinski definition) is 6. The summed E-state index contributed by atoms with van der Waals surface area (Å²) in [4.78, 5) is 38.2. The molecule has 71 heavy (non-hydrogen) atoms. The van der Waals surface area contributed by atoms with Crippen molar-refractivity contribution in [2.24, 2.45) is 0 Å². The third kappa shape index (κ3) is 56.1. The van der Waals surface area contributed by atoms with E-state index in [9.17, 15) is 14.4 Å². The summed E-state index contributed by atoms with van der Waals surface area (Å²) in [6, 6.07) is 0. The first-order chi connectivity index (χ1) is 35.0. The molecule has 0 aliphatic heterocycles. The summed E-state index contributed by atoms with van der Waals surface area (Å²) >= 11 is 0. The Labute approximate surface area is 436 Å². The fraction of sp³-hybridized carbons (Fsp3) is 0.585. The molecule has 0 aromatic carbocycles. The van der Waals surface area contributed by atoms with Crippen LogP contribution in [0.4, 0.5) is 0 Å². The van der Waals surface area contributed by atoms with Gasteiger partial charge in [0.1, 0.15) is 13.2 Å². The lowest BCUT2D eigenvalue weighted by Crippen LogP contribution is -2.30. The van der Waals surface area contributed by atoms with Crippen molar-refractivity contribution in [1.29, 1.82) is 0 Å². The summed E-state index contributed by atoms with van der Waals surface area (Å²) in [5, 5.41) is 0. The molecule has 0 spiro atoms. The van der Waals surface area contributed by atoms with Crippen molar-refractivity contribution >= 4 is 17.9 Å². The van der Waals surface area contributed by atoms with E-state index < -0.39 is 6.10 Å². The Kier molecular flexibility index (Phi) is 54.0. The minimum atomic E-state index is -0.817. The number of rotatable bonds is 49. The van der Waals surface area contributed by atoms with Gasteiger partial charge in [0, 0.05) is 19.3 Å². The Balaban J connectivity index is 4.57. The quantitative estimate of drug-likeness (QED) is 0.0262. The molecule has 0 rings (SSSR count). The van der Waals surface area contributed by atoms with Crippen LogP contribution in [0.1, 0.15) is 226 Å². The molecule has 0 amide bonds. The molecule has 0 bridgehead atoms. The van der Waals surface area contributed by atoms with Gasteiger partial charge in [-0.15, -0.1) is 0 Å². The Morgan fingerprint density at radius 3 is 0.930 bits per heavy atom. The number of allylic oxidation sites excluding steroid dienone is 24. The maximum absolute atomic E-state index is 12.9. The molecule has 0 aromatic heterocycles. The maximum atomic E-state index is 12.9. The van der Waals surface area contributed by atoms with Crippen LogP contribution in [0.5, 0.6) is 0 Å². The van der Waals surface area contributed by atoms with Gasteiger partial charge in [-0.1, -0.05) is 295 Å². The second kappa shape index (κ2) is 57.9. The second-order valence-electron chi connectivity index (χ2n) is 18.4. The molecule has 0 aliphatic rings. The molecule has 0 heterocycles. The Hall–Kier alpha value is -4.71. The summed E-state index contributed by atoms with van der Waals surface area (Å²) in [6.07, 6.45) is 82.5. The highest BCUT2D eigenvalue weighted by atomic mass is 16.6. The van der Waals surface area contributed by atoms with E-state index in [1.807, 2.05) is 109 Å². The van der Waals surface area contributed by atoms with Gasteiger partial charge in [0.15, 0.2) is 6.10 Å². The number of carbonyl (C=O) groups excluding carboxylic acids is 3. The van der Waals surface area contributed by atoms with Crippen LogP contribution in [-0.4, -0.2) is 37.2 Å². The predicted molar refractivity (Wildman–Crippen MR) is 306 cm³/mol. The van der Waals surface area contributed by atoms with Gasteiger partial charge < -0.3 is 14.2 Å². The molecular weight excluding hydrogens is 877 g/mol. The first-order valence-electron chi connectivity index (χ1n) is 28.5. The smallest absolute Gasteiger partial charge is 0.306 e. The van der Waals surface area contributed by atoms with Crippen molar-refractivity contribution in [3.63, 3.8) is 0 Å². The largest absolute Gasteiger partial charge is 0.462 e. The highest BCUT2D eigenvalue weighted by molar-refractivity contribution is 5.71. The molecular formula is C65H102O6. The highest BCUT2D eigenvalue weighted by Gasteiger charge is 2.19. The van der Waals surface area contributed by atoms with E-state index in [1.54, 1.807) is 0 Å². The number of unbranched alkanes of at least 4 members (excludes halogenated alkanes) is 24. The Bertz CT molecular complexity index is 1590. The zero-order valence-electron chi connectivity index (χ0n) is 45.4. The van der Waals surface area contributed by atoms with Crippen LogP contribution in [0.25, 0.3) is 0 Å². The van der Waals surface area contributed by atoms with Crippen molar-refractivity contribution in [1.82, 2.24) is 0 Å². The normalized spacial score (nSPS) is 13.2. The molecule has 0 radical (unpaired) electrons. The van der Waals surface area contributed by atoms with Crippen molar-refractivity contribution in [2.45, 2.75) is 232 Å². The van der Waals surface area contributed by atoms with Crippen molar-refractivity contribution in [3.05, 3.63) is 146 Å². The minimum Gasteiger partial charge on any atom is -0.462 e. The molecule has 0 fully saturated rings. The summed E-state index contributed by atoms with van der Waals surface area (Å²) in [5.74, 6) is -0.983. The monoisotopic (exact) mass is 979 g/mol. The molecule has 1 atom stereocenters. The van der Waals surface area contributed by atoms with Crippen LogP contribution in [0.3, 0.4) is 0 Å². The van der Waals surface area contributed by atoms with Gasteiger partial charge in [0.05, 0.1) is 0 Å². The lowest BCUT2D eigenvalue weighted by Gasteiger charge is -2.18. The summed E-state index contributed by atoms with van der Waals surface area (Å²) in [7, 11) is 0. The van der Waals surface area contributed by atoms with E-state index in [-0.39, 0.29) is 37.5 Å². The molecule has 0 N–H and O–H groups in total. The van der Waals surface area contributed by atoms with E-state index in [0.717, 1.165) is 96.3 Å². The van der Waals surface area contributed by atoms with E-state index in [0.29, 0.717) is 12.8 Å². The molecule has 0 saturated heterocycles. The fourth-order valence-corrected chi connectivity index (χ4v) is 7.40. The number of ether oxygens (including phenoxy) is 3. The number of esters is 3. The summed E-state index contributed by atoms with van der Waals surface area (Å²) in [5.41, 5.74) is 0. The molecule has 0 aliphatic carbocycles. The zero-order chi connectivity index (χ0) is 51.4. The average molecular weight is 980 g/mol. The topological polar surface area (TPSA) is 78.9 Å². The van der Waals surface area contributed by atoms with Crippen molar-refractivity contribution in [2.75, 3.05) is 13.2 Å². The molecule has 6 heteroatoms. The summed E-state index contributed by atoms with van der Waals surface area (Å²) < 4.78 is 16.8. The highest BCUT2D eigenvalue weighted by Crippen LogP contribution is 2.15. The Morgan fingerprint density at radius 1 is 0.296 bits per heavy atom. The first-order valence-corrected chi connectivity index (χ1v) is 28.5. The number of hydrogen-bond donors (Lipinski definition) is 0. The van der Waals surface area contributed by atoms with Gasteiger partial charge in [-0.05, 0) is 57.8 Å². The lowest BCUT2D eigenvalue weighted by atomic mass is 10.0. The van der Waals surface area contributed by atoms with Crippen LogP contribution in [0.15, 0.2) is 146 Å². The average Bonchev–Trinajstić information content (AvgIpc) is 3.37. The lowest BCUT2D eigenvalue weighted by molar-refractivity contribution is -0.167. The SMILES string of the molecule is CC\C=C/C=C\C=C/C=C\C=C\C=C/C=C\CCCCCC(=O)OCC(COC(=O)CCCCCCCCCCCCCCCCCC)OC(=O)CCCCCCC\C=C/C=C\C=C/C=C\C=C/CCC. The van der Waals surface area contributed by atoms with E-state index in [1.165, 1.54) is 89.9 Å². The van der Waals surface area contributed by atoms with E-state index in [2.05, 4.69) is 57.2 Å². The first kappa shape index (κ1) is 66.3. The Morgan fingerprint density at radius 2 is 0.577 bits per heavy atom. The third-order valence-electron chi connectivity index (χ3n) is 11.6. The van der Waals surface area contributed by atoms with Crippen LogP contribution in [-0.2, 0) is 28.6 Å². The standard InChI is InChI=1S/C65H102O6/c1-4-7-10-13-16-19-22-25-28-31-33-35-37-40-43-46-49-52-55-58-64(67)70-61-62(60-69-63(66)57-54-51-48-45-42-39-36-30-27-24-21-18-15-12-9-6-3)71-65(68)59-56-53-50-47-44-41-38-34-32-29-26-23-20-17-14-11-8-5-2/h7,10-11,13-14,16-17,19-20,22-23,25-26,28-29,31-35,37-38,40,43,62H,4-6,8-9,12,15,18,21,24,27,30,36,39,41-42,44-61H2,1-3H3/b10-7-,14-11-,16-13-,20-17-,22-19-,26-23-,28-25-,32-29-,33-31+,37-35-,38-34-,43-40-. The van der Waals surface area contributed by atoms with Crippen LogP contribution >= 0.6 is 0 Å². The molecule has 1 unspecified atom stereocenters. The minimum absolute atomic E-state index is 0.108. The van der Waals surface area contributed by atoms with Gasteiger partial charge in [0.25, 0.3) is 0 Å². The van der Waals surface area contributed by atoms with Crippen molar-refractivity contribution in [3.8, 4) is 0 Å². The number of carbonyl (C=O) groups is 3. The van der Waals surface area contributed by atoms with Crippen molar-refractivity contribution < 1.29 is 28.6 Å². The van der Waals surface area contributed by atoms with E-state index >= 15 is 0 Å². The van der Waals surface area contributed by atoms with Gasteiger partial charge in [-0.3, -0.25) is 14.4 Å².